The quantitative estimate of drug-likeness (QED) is 0.158. The molecule has 2 amide bonds. The standard InChI is InChI=1S/C22H26N8O5S2/c1-4-28(5-2)18(29-8-6-24-7-9-29)12-10-36-20-15(19(32)30(20)16(12)21(33)34)26-17(31)14(27-35-3)13-11-37-22(23)25-13/h6-9,11,15,18,20H,4-5,10H2,1-3H3,(H3-,23,25,26,31,33,34)/t15?,18?,20-/m0/s1. The molecule has 0 aliphatic carbocycles. The van der Waals surface area contributed by atoms with Gasteiger partial charge in [0.25, 0.3) is 11.8 Å². The highest BCUT2D eigenvalue weighted by Gasteiger charge is 2.55. The lowest BCUT2D eigenvalue weighted by molar-refractivity contribution is -0.735. The first-order valence-electron chi connectivity index (χ1n) is 11.4. The Morgan fingerprint density at radius 3 is 2.65 bits per heavy atom. The molecule has 2 aliphatic heterocycles. The molecular weight excluding hydrogens is 520 g/mol. The summed E-state index contributed by atoms with van der Waals surface area (Å²) in [7, 11) is 1.28. The van der Waals surface area contributed by atoms with E-state index in [1.165, 1.54) is 23.8 Å². The number of carboxylic acids is 1. The molecule has 1 saturated heterocycles. The van der Waals surface area contributed by atoms with Crippen molar-refractivity contribution < 1.29 is 28.9 Å². The minimum atomic E-state index is -1.45. The smallest absolute Gasteiger partial charge is 0.276 e. The number of hydrogen-bond acceptors (Lipinski definition) is 12. The van der Waals surface area contributed by atoms with Gasteiger partial charge < -0.3 is 25.8 Å². The summed E-state index contributed by atoms with van der Waals surface area (Å²) in [6.45, 7) is 5.24. The van der Waals surface area contributed by atoms with E-state index in [1.54, 1.807) is 30.2 Å². The van der Waals surface area contributed by atoms with Gasteiger partial charge in [-0.15, -0.1) is 23.1 Å². The number of anilines is 1. The Labute approximate surface area is 221 Å². The predicted octanol–water partition coefficient (Wildman–Crippen LogP) is -1.30. The van der Waals surface area contributed by atoms with Crippen LogP contribution in [-0.2, 0) is 19.2 Å². The van der Waals surface area contributed by atoms with Crippen LogP contribution < -0.4 is 20.7 Å². The second kappa shape index (κ2) is 11.2. The molecule has 0 aromatic carbocycles. The van der Waals surface area contributed by atoms with Gasteiger partial charge in [0.05, 0.1) is 24.1 Å². The fraction of sp³-hybridized carbons (Fsp3) is 0.409. The zero-order chi connectivity index (χ0) is 26.7. The molecule has 0 radical (unpaired) electrons. The van der Waals surface area contributed by atoms with Crippen LogP contribution in [0.4, 0.5) is 5.13 Å². The number of amides is 2. The summed E-state index contributed by atoms with van der Waals surface area (Å²) in [5.74, 6) is -2.40. The van der Waals surface area contributed by atoms with Gasteiger partial charge in [-0.1, -0.05) is 19.0 Å². The number of rotatable bonds is 10. The number of thiazole rings is 1. The van der Waals surface area contributed by atoms with Gasteiger partial charge in [-0.3, -0.25) is 19.5 Å². The molecule has 4 rings (SSSR count). The van der Waals surface area contributed by atoms with Gasteiger partial charge in [0.2, 0.25) is 6.17 Å². The lowest BCUT2D eigenvalue weighted by atomic mass is 10.0. The molecule has 1 fully saturated rings. The number of β-lactam (4-membered cyclic amide) rings is 1. The van der Waals surface area contributed by atoms with Crippen LogP contribution in [0.1, 0.15) is 25.7 Å². The van der Waals surface area contributed by atoms with Crippen LogP contribution in [0.5, 0.6) is 0 Å². The molecule has 0 spiro atoms. The normalized spacial score (nSPS) is 20.4. The van der Waals surface area contributed by atoms with Crippen LogP contribution in [0.25, 0.3) is 0 Å². The summed E-state index contributed by atoms with van der Waals surface area (Å²) in [6.07, 6.45) is 6.27. The maximum Gasteiger partial charge on any atom is 0.276 e. The average Bonchev–Trinajstić information content (AvgIpc) is 3.33. The fourth-order valence-corrected chi connectivity index (χ4v) is 6.30. The number of carbonyl (C=O) groups excluding carboxylic acids is 3. The van der Waals surface area contributed by atoms with Crippen molar-refractivity contribution in [3.63, 3.8) is 0 Å². The molecule has 13 nitrogen and oxygen atoms in total. The summed E-state index contributed by atoms with van der Waals surface area (Å²) in [5.41, 5.74) is 6.07. The van der Waals surface area contributed by atoms with Crippen LogP contribution in [0, 0.1) is 0 Å². The number of nitrogens with one attached hydrogen (secondary N) is 1. The Kier molecular flexibility index (Phi) is 8.04. The fourth-order valence-electron chi connectivity index (χ4n) is 4.38. The summed E-state index contributed by atoms with van der Waals surface area (Å²) in [6, 6.07) is -0.966. The van der Waals surface area contributed by atoms with E-state index in [1.807, 2.05) is 18.4 Å². The number of aromatic nitrogens is 3. The molecule has 0 saturated carbocycles. The SMILES string of the molecule is CCN(CC)C(C1=C(C(=O)[O-])N2C(=O)C(NC(=O)C(=NOC)c3csc(N)n3)[C@@H]2SC1)[n+]1ccncc1. The monoisotopic (exact) mass is 546 g/mol. The van der Waals surface area contributed by atoms with Crippen molar-refractivity contribution >= 4 is 51.7 Å². The summed E-state index contributed by atoms with van der Waals surface area (Å²) in [4.78, 5) is 54.7. The largest absolute Gasteiger partial charge is 0.543 e. The third-order valence-electron chi connectivity index (χ3n) is 6.04. The Hall–Kier alpha value is -3.56. The molecule has 3 N–H and O–H groups in total. The van der Waals surface area contributed by atoms with Crippen molar-refractivity contribution in [2.45, 2.75) is 31.4 Å². The number of nitrogens with two attached hydrogens (primary N) is 1. The topological polar surface area (TPSA) is 170 Å². The van der Waals surface area contributed by atoms with Crippen molar-refractivity contribution in [1.82, 2.24) is 25.1 Å². The third kappa shape index (κ3) is 5.01. The van der Waals surface area contributed by atoms with E-state index in [0.717, 1.165) is 11.3 Å². The van der Waals surface area contributed by atoms with Gasteiger partial charge in [0, 0.05) is 29.8 Å². The maximum atomic E-state index is 13.2. The number of nitrogen functional groups attached to an aromatic ring is 1. The van der Waals surface area contributed by atoms with E-state index in [4.69, 9.17) is 10.6 Å². The first-order valence-corrected chi connectivity index (χ1v) is 13.3. The van der Waals surface area contributed by atoms with Crippen molar-refractivity contribution in [3.05, 3.63) is 47.1 Å². The van der Waals surface area contributed by atoms with E-state index < -0.39 is 35.4 Å². The van der Waals surface area contributed by atoms with Crippen molar-refractivity contribution in [3.8, 4) is 0 Å². The number of hydrogen-bond donors (Lipinski definition) is 2. The van der Waals surface area contributed by atoms with Crippen LogP contribution >= 0.6 is 23.1 Å². The number of carboxylic acid groups (broad SMARTS) is 1. The van der Waals surface area contributed by atoms with Gasteiger partial charge in [0.15, 0.2) is 23.2 Å². The van der Waals surface area contributed by atoms with Gasteiger partial charge in [-0.2, -0.15) is 4.57 Å². The van der Waals surface area contributed by atoms with E-state index >= 15 is 0 Å². The molecule has 2 unspecified atom stereocenters. The van der Waals surface area contributed by atoms with Gasteiger partial charge >= 0.3 is 0 Å². The molecule has 2 aromatic heterocycles. The van der Waals surface area contributed by atoms with Gasteiger partial charge in [-0.05, 0) is 0 Å². The van der Waals surface area contributed by atoms with Gasteiger partial charge in [-0.25, -0.2) is 9.88 Å². The Balaban J connectivity index is 1.64. The van der Waals surface area contributed by atoms with Gasteiger partial charge in [0.1, 0.15) is 24.2 Å². The number of oxime groups is 1. The Morgan fingerprint density at radius 1 is 1.38 bits per heavy atom. The molecule has 2 aliphatic rings. The number of likely N-dealkylation sites (N-methyl/N-ethyl adjacent to an activating group) is 1. The summed E-state index contributed by atoms with van der Waals surface area (Å²) in [5, 5.41) is 19.9. The maximum absolute atomic E-state index is 13.2. The first-order chi connectivity index (χ1) is 17.8. The van der Waals surface area contributed by atoms with Crippen LogP contribution in [0.3, 0.4) is 0 Å². The zero-order valence-electron chi connectivity index (χ0n) is 20.4. The molecule has 15 heteroatoms. The van der Waals surface area contributed by atoms with Crippen LogP contribution in [-0.4, -0.2) is 80.6 Å². The zero-order valence-corrected chi connectivity index (χ0v) is 22.0. The average molecular weight is 547 g/mol. The van der Waals surface area contributed by atoms with Crippen LogP contribution in [0.2, 0.25) is 0 Å². The minimum Gasteiger partial charge on any atom is -0.543 e. The molecule has 37 heavy (non-hydrogen) atoms. The van der Waals surface area contributed by atoms with E-state index in [-0.39, 0.29) is 22.2 Å². The summed E-state index contributed by atoms with van der Waals surface area (Å²) < 4.78 is 1.86. The Morgan fingerprint density at radius 2 is 2.08 bits per heavy atom. The molecule has 3 atom stereocenters. The van der Waals surface area contributed by atoms with E-state index in [0.29, 0.717) is 24.4 Å². The molecular formula is C22H26N8O5S2. The lowest BCUT2D eigenvalue weighted by Crippen LogP contribution is -2.72. The second-order valence-electron chi connectivity index (χ2n) is 8.00. The van der Waals surface area contributed by atoms with Crippen molar-refractivity contribution in [2.24, 2.45) is 5.16 Å². The van der Waals surface area contributed by atoms with E-state index in [2.05, 4.69) is 25.3 Å². The molecule has 196 valence electrons. The highest BCUT2D eigenvalue weighted by atomic mass is 32.2. The van der Waals surface area contributed by atoms with Crippen LogP contribution in [0.15, 0.2) is 46.6 Å². The van der Waals surface area contributed by atoms with E-state index in [9.17, 15) is 19.5 Å². The number of carbonyl (C=O) groups is 3. The number of fused-ring (bicyclic) bond motifs is 1. The third-order valence-corrected chi connectivity index (χ3v) is 8.02. The first kappa shape index (κ1) is 26.5. The molecule has 0 bridgehead atoms. The molecule has 4 heterocycles. The predicted molar refractivity (Wildman–Crippen MR) is 134 cm³/mol. The second-order valence-corrected chi connectivity index (χ2v) is 10.00. The summed E-state index contributed by atoms with van der Waals surface area (Å²) >= 11 is 2.49. The number of nitrogens with zero attached hydrogens (tertiary/aromatic N) is 6. The highest BCUT2D eigenvalue weighted by molar-refractivity contribution is 8.00. The Bertz CT molecular complexity index is 1250. The number of thioether (sulfide) groups is 1. The van der Waals surface area contributed by atoms with Crippen molar-refractivity contribution in [2.75, 3.05) is 31.7 Å². The van der Waals surface area contributed by atoms with Crippen molar-refractivity contribution in [1.29, 1.82) is 0 Å². The number of aliphatic carboxylic acids is 1. The highest BCUT2D eigenvalue weighted by Crippen LogP contribution is 2.42. The molecule has 2 aromatic rings. The minimum absolute atomic E-state index is 0.144. The lowest BCUT2D eigenvalue weighted by Gasteiger charge is -2.51.